The summed E-state index contributed by atoms with van der Waals surface area (Å²) in [5.41, 5.74) is 0. The molecule has 6 nitrogen and oxygen atoms in total. The number of hydrogen-bond donors (Lipinski definition) is 2. The third-order valence-electron chi connectivity index (χ3n) is 2.84. The molecule has 23 heavy (non-hydrogen) atoms. The Morgan fingerprint density at radius 3 is 2.52 bits per heavy atom. The molecular formula is C13H14F2N4O2S2. The van der Waals surface area contributed by atoms with Crippen molar-refractivity contribution in [2.75, 3.05) is 5.32 Å². The predicted molar refractivity (Wildman–Crippen MR) is 83.9 cm³/mol. The molecule has 10 heteroatoms. The summed E-state index contributed by atoms with van der Waals surface area (Å²) < 4.78 is 24.9. The number of nitrogens with one attached hydrogen (secondary N) is 2. The van der Waals surface area contributed by atoms with Crippen molar-refractivity contribution in [3.63, 3.8) is 0 Å². The van der Waals surface area contributed by atoms with Crippen molar-refractivity contribution in [3.8, 4) is 0 Å². The number of carbonyl (C=O) groups is 2. The quantitative estimate of drug-likeness (QED) is 0.830. The van der Waals surface area contributed by atoms with E-state index in [1.54, 1.807) is 31.4 Å². The molecule has 2 amide bonds. The summed E-state index contributed by atoms with van der Waals surface area (Å²) in [6, 6.07) is 2.56. The van der Waals surface area contributed by atoms with E-state index in [0.29, 0.717) is 16.2 Å². The van der Waals surface area contributed by atoms with Gasteiger partial charge in [-0.1, -0.05) is 31.3 Å². The highest BCUT2D eigenvalue weighted by Gasteiger charge is 2.26. The fourth-order valence-electron chi connectivity index (χ4n) is 1.71. The third-order valence-corrected chi connectivity index (χ3v) is 4.55. The molecule has 0 aliphatic rings. The minimum Gasteiger partial charge on any atom is -0.339 e. The highest BCUT2D eigenvalue weighted by molar-refractivity contribution is 7.15. The molecule has 1 atom stereocenters. The Bertz CT molecular complexity index is 673. The van der Waals surface area contributed by atoms with Crippen LogP contribution in [0.5, 0.6) is 0 Å². The summed E-state index contributed by atoms with van der Waals surface area (Å²) >= 11 is 1.86. The second-order valence-electron chi connectivity index (χ2n) is 4.91. The number of aromatic nitrogens is 2. The maximum atomic E-state index is 12.5. The van der Waals surface area contributed by atoms with Crippen LogP contribution in [0.25, 0.3) is 0 Å². The van der Waals surface area contributed by atoms with Gasteiger partial charge >= 0.3 is 0 Å². The van der Waals surface area contributed by atoms with Crippen LogP contribution in [0.15, 0.2) is 17.5 Å². The predicted octanol–water partition coefficient (Wildman–Crippen LogP) is 2.93. The molecule has 0 bridgehead atoms. The first-order chi connectivity index (χ1) is 10.9. The molecule has 2 N–H and O–H groups in total. The van der Waals surface area contributed by atoms with Gasteiger partial charge in [0, 0.05) is 0 Å². The largest absolute Gasteiger partial charge is 0.339 e. The number of rotatable bonds is 6. The lowest BCUT2D eigenvalue weighted by Crippen LogP contribution is -2.46. The second kappa shape index (κ2) is 7.55. The van der Waals surface area contributed by atoms with E-state index in [0.717, 1.165) is 0 Å². The second-order valence-corrected chi connectivity index (χ2v) is 6.86. The average molecular weight is 360 g/mol. The first kappa shape index (κ1) is 17.4. The Morgan fingerprint density at radius 1 is 1.26 bits per heavy atom. The van der Waals surface area contributed by atoms with Gasteiger partial charge in [-0.2, -0.15) is 0 Å². The van der Waals surface area contributed by atoms with Crippen LogP contribution in [0.4, 0.5) is 13.9 Å². The van der Waals surface area contributed by atoms with Gasteiger partial charge in [-0.25, -0.2) is 8.78 Å². The van der Waals surface area contributed by atoms with Crippen molar-refractivity contribution in [1.82, 2.24) is 15.5 Å². The van der Waals surface area contributed by atoms with E-state index in [4.69, 9.17) is 0 Å². The molecule has 0 aliphatic heterocycles. The number of carbonyl (C=O) groups excluding carboxylic acids is 2. The van der Waals surface area contributed by atoms with E-state index in [-0.39, 0.29) is 17.0 Å². The van der Waals surface area contributed by atoms with Crippen LogP contribution in [0, 0.1) is 5.92 Å². The van der Waals surface area contributed by atoms with Gasteiger partial charge in [0.1, 0.15) is 6.04 Å². The van der Waals surface area contributed by atoms with Crippen LogP contribution in [0.3, 0.4) is 0 Å². The number of anilines is 1. The fraction of sp³-hybridized carbons (Fsp3) is 0.385. The fourth-order valence-corrected chi connectivity index (χ4v) is 2.94. The summed E-state index contributed by atoms with van der Waals surface area (Å²) in [4.78, 5) is 24.8. The van der Waals surface area contributed by atoms with Crippen molar-refractivity contribution >= 4 is 39.6 Å². The van der Waals surface area contributed by atoms with Gasteiger partial charge in [-0.3, -0.25) is 14.9 Å². The van der Waals surface area contributed by atoms with Crippen LogP contribution in [-0.2, 0) is 4.79 Å². The van der Waals surface area contributed by atoms with Crippen molar-refractivity contribution in [2.24, 2.45) is 5.92 Å². The van der Waals surface area contributed by atoms with Crippen molar-refractivity contribution in [2.45, 2.75) is 26.3 Å². The molecule has 0 fully saturated rings. The highest BCUT2D eigenvalue weighted by Crippen LogP contribution is 2.25. The van der Waals surface area contributed by atoms with E-state index in [1.165, 1.54) is 11.3 Å². The van der Waals surface area contributed by atoms with Crippen molar-refractivity contribution in [1.29, 1.82) is 0 Å². The summed E-state index contributed by atoms with van der Waals surface area (Å²) in [5, 5.41) is 13.1. The first-order valence-electron chi connectivity index (χ1n) is 6.65. The Kier molecular flexibility index (Phi) is 5.72. The molecule has 0 saturated heterocycles. The molecule has 0 aliphatic carbocycles. The molecule has 0 spiro atoms. The van der Waals surface area contributed by atoms with Gasteiger partial charge < -0.3 is 5.32 Å². The molecule has 0 saturated carbocycles. The Hall–Kier alpha value is -1.94. The number of alkyl halides is 2. The molecule has 1 unspecified atom stereocenters. The van der Waals surface area contributed by atoms with Gasteiger partial charge in [0.25, 0.3) is 12.3 Å². The standard InChI is InChI=1S/C13H14F2N4O2S2/c1-6(2)8(16-10(20)7-4-3-5-22-7)11(21)17-13-19-18-12(23-13)9(14)15/h3-6,8-9H,1-2H3,(H,16,20)(H,17,19,21). The zero-order valence-corrected chi connectivity index (χ0v) is 13.9. The Balaban J connectivity index is 2.04. The summed E-state index contributed by atoms with van der Waals surface area (Å²) in [6.45, 7) is 3.53. The number of amides is 2. The van der Waals surface area contributed by atoms with E-state index >= 15 is 0 Å². The average Bonchev–Trinajstić information content (AvgIpc) is 3.14. The molecule has 2 aromatic heterocycles. The van der Waals surface area contributed by atoms with Crippen LogP contribution in [0.2, 0.25) is 0 Å². The molecule has 2 rings (SSSR count). The normalized spacial score (nSPS) is 12.4. The number of nitrogens with zero attached hydrogens (tertiary/aromatic N) is 2. The zero-order valence-electron chi connectivity index (χ0n) is 12.2. The SMILES string of the molecule is CC(C)C(NC(=O)c1cccs1)C(=O)Nc1nnc(C(F)F)s1. The lowest BCUT2D eigenvalue weighted by Gasteiger charge is -2.20. The van der Waals surface area contributed by atoms with Gasteiger partial charge in [0.15, 0.2) is 5.01 Å². The van der Waals surface area contributed by atoms with E-state index < -0.39 is 23.4 Å². The van der Waals surface area contributed by atoms with Gasteiger partial charge in [-0.15, -0.1) is 21.5 Å². The molecule has 0 radical (unpaired) electrons. The van der Waals surface area contributed by atoms with Crippen molar-refractivity contribution < 1.29 is 18.4 Å². The Labute approximate surface area is 138 Å². The Morgan fingerprint density at radius 2 is 2.00 bits per heavy atom. The molecule has 2 heterocycles. The van der Waals surface area contributed by atoms with Gasteiger partial charge in [-0.05, 0) is 17.4 Å². The number of thiophene rings is 1. The summed E-state index contributed by atoms with van der Waals surface area (Å²) in [6.07, 6.45) is -2.74. The van der Waals surface area contributed by atoms with Crippen molar-refractivity contribution in [3.05, 3.63) is 27.4 Å². The molecular weight excluding hydrogens is 346 g/mol. The maximum absolute atomic E-state index is 12.5. The van der Waals surface area contributed by atoms with E-state index in [1.807, 2.05) is 0 Å². The lowest BCUT2D eigenvalue weighted by molar-refractivity contribution is -0.118. The minimum absolute atomic E-state index is 0.0266. The van der Waals surface area contributed by atoms with Crippen LogP contribution in [0.1, 0.15) is 35.0 Å². The van der Waals surface area contributed by atoms with Crippen LogP contribution >= 0.6 is 22.7 Å². The third kappa shape index (κ3) is 4.52. The number of hydrogen-bond acceptors (Lipinski definition) is 6. The maximum Gasteiger partial charge on any atom is 0.291 e. The molecule has 124 valence electrons. The summed E-state index contributed by atoms with van der Waals surface area (Å²) in [7, 11) is 0. The topological polar surface area (TPSA) is 84.0 Å². The number of halogens is 2. The van der Waals surface area contributed by atoms with Crippen LogP contribution < -0.4 is 10.6 Å². The molecule has 2 aromatic rings. The van der Waals surface area contributed by atoms with E-state index in [2.05, 4.69) is 20.8 Å². The van der Waals surface area contributed by atoms with Crippen LogP contribution in [-0.4, -0.2) is 28.1 Å². The lowest BCUT2D eigenvalue weighted by atomic mass is 10.0. The van der Waals surface area contributed by atoms with E-state index in [9.17, 15) is 18.4 Å². The highest BCUT2D eigenvalue weighted by atomic mass is 32.1. The smallest absolute Gasteiger partial charge is 0.291 e. The van der Waals surface area contributed by atoms with Gasteiger partial charge in [0.2, 0.25) is 11.0 Å². The van der Waals surface area contributed by atoms with Gasteiger partial charge in [0.05, 0.1) is 4.88 Å². The zero-order chi connectivity index (χ0) is 17.0. The summed E-state index contributed by atoms with van der Waals surface area (Å²) in [5.74, 6) is -1.08. The minimum atomic E-state index is -2.74. The first-order valence-corrected chi connectivity index (χ1v) is 8.35. The monoisotopic (exact) mass is 360 g/mol. The molecule has 0 aromatic carbocycles.